The van der Waals surface area contributed by atoms with Crippen LogP contribution in [0.4, 0.5) is 4.79 Å². The van der Waals surface area contributed by atoms with Gasteiger partial charge in [-0.1, -0.05) is 0 Å². The summed E-state index contributed by atoms with van der Waals surface area (Å²) in [6.45, 7) is 7.43. The molecule has 4 nitrogen and oxygen atoms in total. The first-order chi connectivity index (χ1) is 6.46. The van der Waals surface area contributed by atoms with E-state index in [1.165, 1.54) is 0 Å². The maximum absolute atomic E-state index is 11.7. The number of hydrogen-bond acceptors (Lipinski definition) is 3. The average molecular weight is 235 g/mol. The molecule has 2 aliphatic heterocycles. The van der Waals surface area contributed by atoms with Crippen LogP contribution in [0, 0.1) is 0 Å². The second kappa shape index (κ2) is 4.18. The van der Waals surface area contributed by atoms with Gasteiger partial charge in [0.1, 0.15) is 5.60 Å². The molecule has 2 bridgehead atoms. The van der Waals surface area contributed by atoms with Crippen molar-refractivity contribution >= 4 is 18.5 Å². The summed E-state index contributed by atoms with van der Waals surface area (Å²) in [7, 11) is 0. The molecule has 88 valence electrons. The van der Waals surface area contributed by atoms with Gasteiger partial charge < -0.3 is 15.0 Å². The van der Waals surface area contributed by atoms with Crippen molar-refractivity contribution in [1.82, 2.24) is 10.2 Å². The van der Waals surface area contributed by atoms with Crippen molar-refractivity contribution in [1.29, 1.82) is 0 Å². The Balaban J connectivity index is 0.00000112. The van der Waals surface area contributed by atoms with E-state index in [0.29, 0.717) is 12.1 Å². The second-order valence-electron chi connectivity index (χ2n) is 5.13. The van der Waals surface area contributed by atoms with Gasteiger partial charge in [-0.25, -0.2) is 4.79 Å². The molecule has 2 unspecified atom stereocenters. The van der Waals surface area contributed by atoms with Crippen molar-refractivity contribution in [3.63, 3.8) is 0 Å². The van der Waals surface area contributed by atoms with Crippen LogP contribution in [0.1, 0.15) is 27.2 Å². The third kappa shape index (κ3) is 2.75. The number of amides is 1. The first-order valence-corrected chi connectivity index (χ1v) is 5.19. The molecule has 1 amide bonds. The molecule has 15 heavy (non-hydrogen) atoms. The molecule has 0 saturated carbocycles. The van der Waals surface area contributed by atoms with E-state index >= 15 is 0 Å². The minimum atomic E-state index is -0.383. The molecular weight excluding hydrogens is 216 g/mol. The summed E-state index contributed by atoms with van der Waals surface area (Å²) in [5.74, 6) is 0. The Bertz CT molecular complexity index is 252. The van der Waals surface area contributed by atoms with Crippen LogP contribution in [-0.2, 0) is 4.74 Å². The average Bonchev–Trinajstić information content (AvgIpc) is 2.59. The van der Waals surface area contributed by atoms with Crippen LogP contribution in [0.25, 0.3) is 0 Å². The highest BCUT2D eigenvalue weighted by atomic mass is 35.5. The van der Waals surface area contributed by atoms with Crippen LogP contribution in [0.3, 0.4) is 0 Å². The molecule has 2 rings (SSSR count). The number of fused-ring (bicyclic) bond motifs is 2. The van der Waals surface area contributed by atoms with Gasteiger partial charge >= 0.3 is 6.09 Å². The molecule has 2 fully saturated rings. The van der Waals surface area contributed by atoms with Gasteiger partial charge in [0.15, 0.2) is 0 Å². The number of nitrogens with one attached hydrogen (secondary N) is 1. The number of ether oxygens (including phenoxy) is 1. The van der Waals surface area contributed by atoms with Crippen molar-refractivity contribution < 1.29 is 9.53 Å². The first kappa shape index (κ1) is 12.6. The number of nitrogens with zero attached hydrogens (tertiary/aromatic N) is 1. The standard InChI is InChI=1S/C10H18N2O2.ClH/c1-10(2,3)14-9(13)12-6-7-4-8(12)5-11-7;/h7-8,11H,4-6H2,1-3H3;1H. The van der Waals surface area contributed by atoms with Crippen LogP contribution in [0.2, 0.25) is 0 Å². The number of hydrogen-bond donors (Lipinski definition) is 1. The van der Waals surface area contributed by atoms with E-state index < -0.39 is 0 Å². The van der Waals surface area contributed by atoms with Crippen molar-refractivity contribution in [2.24, 2.45) is 0 Å². The Kier molecular flexibility index (Phi) is 3.51. The Hall–Kier alpha value is -0.480. The lowest BCUT2D eigenvalue weighted by molar-refractivity contribution is 0.0204. The highest BCUT2D eigenvalue weighted by molar-refractivity contribution is 5.85. The summed E-state index contributed by atoms with van der Waals surface area (Å²) in [4.78, 5) is 13.6. The molecule has 0 aromatic rings. The van der Waals surface area contributed by atoms with E-state index in [0.717, 1.165) is 19.5 Å². The van der Waals surface area contributed by atoms with Crippen LogP contribution in [-0.4, -0.2) is 41.8 Å². The summed E-state index contributed by atoms with van der Waals surface area (Å²) < 4.78 is 5.33. The van der Waals surface area contributed by atoms with Crippen molar-refractivity contribution in [2.75, 3.05) is 13.1 Å². The Labute approximate surface area is 96.7 Å². The molecule has 2 heterocycles. The topological polar surface area (TPSA) is 41.6 Å². The van der Waals surface area contributed by atoms with E-state index in [1.54, 1.807) is 0 Å². The third-order valence-corrected chi connectivity index (χ3v) is 2.68. The molecule has 0 spiro atoms. The van der Waals surface area contributed by atoms with Crippen molar-refractivity contribution in [3.8, 4) is 0 Å². The molecule has 1 N–H and O–H groups in total. The molecule has 0 aliphatic carbocycles. The fraction of sp³-hybridized carbons (Fsp3) is 0.900. The molecule has 0 radical (unpaired) electrons. The minimum absolute atomic E-state index is 0. The van der Waals surface area contributed by atoms with Crippen LogP contribution in [0.15, 0.2) is 0 Å². The van der Waals surface area contributed by atoms with E-state index in [2.05, 4.69) is 5.32 Å². The van der Waals surface area contributed by atoms with Crippen molar-refractivity contribution in [2.45, 2.75) is 44.9 Å². The number of carbonyl (C=O) groups excluding carboxylic acids is 1. The number of rotatable bonds is 0. The zero-order valence-electron chi connectivity index (χ0n) is 9.45. The van der Waals surface area contributed by atoms with Crippen LogP contribution >= 0.6 is 12.4 Å². The summed E-state index contributed by atoms with van der Waals surface area (Å²) in [5, 5.41) is 3.35. The van der Waals surface area contributed by atoms with E-state index in [9.17, 15) is 4.79 Å². The van der Waals surface area contributed by atoms with E-state index in [1.807, 2.05) is 25.7 Å². The minimum Gasteiger partial charge on any atom is -0.444 e. The third-order valence-electron chi connectivity index (χ3n) is 2.68. The highest BCUT2D eigenvalue weighted by Gasteiger charge is 2.41. The summed E-state index contributed by atoms with van der Waals surface area (Å²) in [6, 6.07) is 0.849. The Morgan fingerprint density at radius 2 is 2.13 bits per heavy atom. The molecule has 2 atom stereocenters. The predicted octanol–water partition coefficient (Wildman–Crippen LogP) is 1.39. The zero-order valence-corrected chi connectivity index (χ0v) is 10.3. The number of carbonyl (C=O) groups is 1. The summed E-state index contributed by atoms with van der Waals surface area (Å²) >= 11 is 0. The molecular formula is C10H19ClN2O2. The van der Waals surface area contributed by atoms with Crippen LogP contribution in [0.5, 0.6) is 0 Å². The van der Waals surface area contributed by atoms with Gasteiger partial charge in [0.05, 0.1) is 0 Å². The Morgan fingerprint density at radius 3 is 2.53 bits per heavy atom. The number of piperazine rings is 1. The molecule has 5 heteroatoms. The highest BCUT2D eigenvalue weighted by Crippen LogP contribution is 2.25. The largest absolute Gasteiger partial charge is 0.444 e. The number of halogens is 1. The molecule has 0 aromatic heterocycles. The number of likely N-dealkylation sites (tertiary alicyclic amines) is 1. The normalized spacial score (nSPS) is 28.9. The van der Waals surface area contributed by atoms with Gasteiger partial charge in [0, 0.05) is 25.2 Å². The molecule has 2 saturated heterocycles. The Morgan fingerprint density at radius 1 is 1.47 bits per heavy atom. The van der Waals surface area contributed by atoms with E-state index in [4.69, 9.17) is 4.74 Å². The smallest absolute Gasteiger partial charge is 0.410 e. The van der Waals surface area contributed by atoms with Gasteiger partial charge in [-0.3, -0.25) is 0 Å². The monoisotopic (exact) mass is 234 g/mol. The van der Waals surface area contributed by atoms with Gasteiger partial charge in [0.25, 0.3) is 0 Å². The maximum atomic E-state index is 11.7. The zero-order chi connectivity index (χ0) is 10.3. The predicted molar refractivity (Wildman–Crippen MR) is 60.4 cm³/mol. The lowest BCUT2D eigenvalue weighted by Crippen LogP contribution is -2.48. The van der Waals surface area contributed by atoms with Gasteiger partial charge in [-0.15, -0.1) is 12.4 Å². The van der Waals surface area contributed by atoms with E-state index in [-0.39, 0.29) is 24.1 Å². The van der Waals surface area contributed by atoms with Gasteiger partial charge in [0.2, 0.25) is 0 Å². The fourth-order valence-electron chi connectivity index (χ4n) is 2.10. The lowest BCUT2D eigenvalue weighted by Gasteiger charge is -2.30. The SMILES string of the molecule is CC(C)(C)OC(=O)N1CC2CC1CN2.Cl. The first-order valence-electron chi connectivity index (χ1n) is 5.19. The summed E-state index contributed by atoms with van der Waals surface area (Å²) in [6.07, 6.45) is 0.922. The molecule has 0 aromatic carbocycles. The second-order valence-corrected chi connectivity index (χ2v) is 5.13. The lowest BCUT2D eigenvalue weighted by atomic mass is 10.2. The van der Waals surface area contributed by atoms with Gasteiger partial charge in [-0.2, -0.15) is 0 Å². The maximum Gasteiger partial charge on any atom is 0.410 e. The van der Waals surface area contributed by atoms with Gasteiger partial charge in [-0.05, 0) is 27.2 Å². The summed E-state index contributed by atoms with van der Waals surface area (Å²) in [5.41, 5.74) is -0.383. The quantitative estimate of drug-likeness (QED) is 0.689. The molecule has 2 aliphatic rings. The fourth-order valence-corrected chi connectivity index (χ4v) is 2.10. The van der Waals surface area contributed by atoms with Crippen LogP contribution < -0.4 is 5.32 Å². The van der Waals surface area contributed by atoms with Crippen molar-refractivity contribution in [3.05, 3.63) is 0 Å².